The van der Waals surface area contributed by atoms with E-state index >= 15 is 0 Å². The second-order valence-corrected chi connectivity index (χ2v) is 5.85. The predicted molar refractivity (Wildman–Crippen MR) is 84.1 cm³/mol. The molecule has 2 aliphatic rings. The van der Waals surface area contributed by atoms with Crippen LogP contribution < -0.4 is 0 Å². The monoisotopic (exact) mass is 294 g/mol. The molecule has 0 spiro atoms. The van der Waals surface area contributed by atoms with Crippen LogP contribution in [0, 0.1) is 0 Å². The zero-order valence-electron chi connectivity index (χ0n) is 12.3. The van der Waals surface area contributed by atoms with Gasteiger partial charge in [-0.15, -0.1) is 0 Å². The summed E-state index contributed by atoms with van der Waals surface area (Å²) in [5.41, 5.74) is 4.14. The Labute approximate surface area is 129 Å². The van der Waals surface area contributed by atoms with Gasteiger partial charge in [0.05, 0.1) is 31.8 Å². The minimum Gasteiger partial charge on any atom is -0.376 e. The third-order valence-electron chi connectivity index (χ3n) is 4.52. The van der Waals surface area contributed by atoms with Crippen LogP contribution >= 0.6 is 0 Å². The summed E-state index contributed by atoms with van der Waals surface area (Å²) in [6, 6.07) is 16.1. The Morgan fingerprint density at radius 1 is 0.909 bits per heavy atom. The first-order valence-corrected chi connectivity index (χ1v) is 7.76. The van der Waals surface area contributed by atoms with Crippen molar-refractivity contribution in [3.05, 3.63) is 59.7 Å². The fourth-order valence-corrected chi connectivity index (χ4v) is 3.48. The number of carbonyl (C=O) groups is 1. The van der Waals surface area contributed by atoms with Gasteiger partial charge in [-0.2, -0.15) is 0 Å². The van der Waals surface area contributed by atoms with Crippen molar-refractivity contribution in [3.63, 3.8) is 0 Å². The molecule has 3 nitrogen and oxygen atoms in total. The molecule has 0 saturated carbocycles. The lowest BCUT2D eigenvalue weighted by Crippen LogP contribution is -2.32. The Balaban J connectivity index is 1.75. The maximum atomic E-state index is 13.0. The third kappa shape index (κ3) is 2.27. The molecular formula is C19H18O3. The SMILES string of the molecule is O=C1c2ccccc2-c2ccccc2C1CC1COCCO1. The van der Waals surface area contributed by atoms with E-state index in [0.29, 0.717) is 26.2 Å². The average molecular weight is 294 g/mol. The molecular weight excluding hydrogens is 276 g/mol. The first kappa shape index (κ1) is 13.7. The topological polar surface area (TPSA) is 35.5 Å². The molecule has 0 bridgehead atoms. The lowest BCUT2D eigenvalue weighted by atomic mass is 9.75. The molecule has 3 heteroatoms. The first-order valence-electron chi connectivity index (χ1n) is 7.76. The van der Waals surface area contributed by atoms with Crippen molar-refractivity contribution in [2.24, 2.45) is 0 Å². The molecule has 1 aliphatic heterocycles. The summed E-state index contributed by atoms with van der Waals surface area (Å²) >= 11 is 0. The van der Waals surface area contributed by atoms with Crippen LogP contribution in [0.5, 0.6) is 0 Å². The average Bonchev–Trinajstić information content (AvgIpc) is 2.59. The van der Waals surface area contributed by atoms with Crippen LogP contribution in [-0.4, -0.2) is 31.7 Å². The summed E-state index contributed by atoms with van der Waals surface area (Å²) in [5, 5.41) is 0. The smallest absolute Gasteiger partial charge is 0.171 e. The van der Waals surface area contributed by atoms with Gasteiger partial charge in [-0.3, -0.25) is 4.79 Å². The van der Waals surface area contributed by atoms with E-state index in [1.54, 1.807) is 0 Å². The molecule has 4 rings (SSSR count). The maximum absolute atomic E-state index is 13.0. The van der Waals surface area contributed by atoms with E-state index in [0.717, 1.165) is 16.7 Å². The number of ketones is 1. The molecule has 0 N–H and O–H groups in total. The molecule has 2 unspecified atom stereocenters. The second-order valence-electron chi connectivity index (χ2n) is 5.85. The van der Waals surface area contributed by atoms with Crippen molar-refractivity contribution >= 4 is 5.78 Å². The zero-order valence-corrected chi connectivity index (χ0v) is 12.3. The van der Waals surface area contributed by atoms with Crippen LogP contribution in [-0.2, 0) is 9.47 Å². The Morgan fingerprint density at radius 2 is 1.64 bits per heavy atom. The molecule has 0 amide bonds. The van der Waals surface area contributed by atoms with Gasteiger partial charge >= 0.3 is 0 Å². The molecule has 1 fully saturated rings. The number of hydrogen-bond donors (Lipinski definition) is 0. The lowest BCUT2D eigenvalue weighted by molar-refractivity contribution is -0.0918. The second kappa shape index (κ2) is 5.67. The standard InChI is InChI=1S/C19H18O3/c20-19-17-8-4-3-6-15(17)14-5-1-2-7-16(14)18(19)11-13-12-21-9-10-22-13/h1-8,13,18H,9-12H2. The quantitative estimate of drug-likeness (QED) is 0.851. The normalized spacial score (nSPS) is 23.7. The molecule has 112 valence electrons. The maximum Gasteiger partial charge on any atom is 0.171 e. The van der Waals surface area contributed by atoms with E-state index in [-0.39, 0.29) is 17.8 Å². The fourth-order valence-electron chi connectivity index (χ4n) is 3.48. The third-order valence-corrected chi connectivity index (χ3v) is 4.52. The van der Waals surface area contributed by atoms with Crippen molar-refractivity contribution < 1.29 is 14.3 Å². The first-order chi connectivity index (χ1) is 10.8. The Morgan fingerprint density at radius 3 is 2.41 bits per heavy atom. The fraction of sp³-hybridized carbons (Fsp3) is 0.316. The van der Waals surface area contributed by atoms with Gasteiger partial charge < -0.3 is 9.47 Å². The van der Waals surface area contributed by atoms with Crippen LogP contribution in [0.15, 0.2) is 48.5 Å². The van der Waals surface area contributed by atoms with Gasteiger partial charge in [0.2, 0.25) is 0 Å². The number of hydrogen-bond acceptors (Lipinski definition) is 3. The highest BCUT2D eigenvalue weighted by molar-refractivity contribution is 6.10. The molecule has 2 aromatic carbocycles. The van der Waals surface area contributed by atoms with E-state index < -0.39 is 0 Å². The van der Waals surface area contributed by atoms with Crippen molar-refractivity contribution in [2.45, 2.75) is 18.4 Å². The summed E-state index contributed by atoms with van der Waals surface area (Å²) in [5.74, 6) is 0.0567. The number of rotatable bonds is 2. The van der Waals surface area contributed by atoms with Crippen LogP contribution in [0.2, 0.25) is 0 Å². The summed E-state index contributed by atoms with van der Waals surface area (Å²) < 4.78 is 11.2. The van der Waals surface area contributed by atoms with Crippen molar-refractivity contribution in [3.8, 4) is 11.1 Å². The highest BCUT2D eigenvalue weighted by Crippen LogP contribution is 2.41. The Hall–Kier alpha value is -1.97. The minimum atomic E-state index is -0.141. The van der Waals surface area contributed by atoms with Crippen LogP contribution in [0.25, 0.3) is 11.1 Å². The summed E-state index contributed by atoms with van der Waals surface area (Å²) in [6.07, 6.45) is 0.686. The molecule has 0 radical (unpaired) electrons. The largest absolute Gasteiger partial charge is 0.376 e. The molecule has 0 aromatic heterocycles. The zero-order chi connectivity index (χ0) is 14.9. The van der Waals surface area contributed by atoms with E-state index in [4.69, 9.17) is 9.47 Å². The van der Waals surface area contributed by atoms with Gasteiger partial charge in [0.15, 0.2) is 5.78 Å². The van der Waals surface area contributed by atoms with Crippen molar-refractivity contribution in [1.82, 2.24) is 0 Å². The van der Waals surface area contributed by atoms with Gasteiger partial charge in [0, 0.05) is 5.56 Å². The molecule has 22 heavy (non-hydrogen) atoms. The highest BCUT2D eigenvalue weighted by atomic mass is 16.6. The molecule has 2 atom stereocenters. The molecule has 1 heterocycles. The van der Waals surface area contributed by atoms with E-state index in [1.165, 1.54) is 5.56 Å². The highest BCUT2D eigenvalue weighted by Gasteiger charge is 2.34. The predicted octanol–water partition coefficient (Wildman–Crippen LogP) is 3.44. The van der Waals surface area contributed by atoms with Crippen LogP contribution in [0.1, 0.15) is 28.3 Å². The molecule has 1 saturated heterocycles. The number of Topliss-reactive ketones (excluding diaryl/α,β-unsaturated/α-hetero) is 1. The van der Waals surface area contributed by atoms with Gasteiger partial charge in [-0.25, -0.2) is 0 Å². The number of ether oxygens (including phenoxy) is 2. The van der Waals surface area contributed by atoms with Crippen molar-refractivity contribution in [2.75, 3.05) is 19.8 Å². The summed E-state index contributed by atoms with van der Waals surface area (Å²) in [7, 11) is 0. The number of fused-ring (bicyclic) bond motifs is 3. The Kier molecular flexibility index (Phi) is 3.53. The minimum absolute atomic E-state index is 0.000943. The number of carbonyl (C=O) groups excluding carboxylic acids is 1. The van der Waals surface area contributed by atoms with E-state index in [2.05, 4.69) is 12.1 Å². The summed E-state index contributed by atoms with van der Waals surface area (Å²) in [4.78, 5) is 13.0. The number of benzene rings is 2. The summed E-state index contributed by atoms with van der Waals surface area (Å²) in [6.45, 7) is 1.84. The molecule has 1 aliphatic carbocycles. The van der Waals surface area contributed by atoms with Crippen LogP contribution in [0.3, 0.4) is 0 Å². The van der Waals surface area contributed by atoms with Gasteiger partial charge in [0.25, 0.3) is 0 Å². The molecule has 2 aromatic rings. The van der Waals surface area contributed by atoms with Gasteiger partial charge in [0.1, 0.15) is 0 Å². The lowest BCUT2D eigenvalue weighted by Gasteiger charge is -2.31. The van der Waals surface area contributed by atoms with Crippen LogP contribution in [0.4, 0.5) is 0 Å². The van der Waals surface area contributed by atoms with Gasteiger partial charge in [-0.05, 0) is 23.1 Å². The van der Waals surface area contributed by atoms with E-state index in [9.17, 15) is 4.79 Å². The van der Waals surface area contributed by atoms with E-state index in [1.807, 2.05) is 36.4 Å². The Bertz CT molecular complexity index is 701. The van der Waals surface area contributed by atoms with Gasteiger partial charge in [-0.1, -0.05) is 48.5 Å². The van der Waals surface area contributed by atoms with Crippen molar-refractivity contribution in [1.29, 1.82) is 0 Å².